The van der Waals surface area contributed by atoms with Gasteiger partial charge in [0, 0.05) is 24.8 Å². The number of unbranched alkanes of at least 4 members (excludes halogenated alkanes) is 1. The molecule has 0 radical (unpaired) electrons. The van der Waals surface area contributed by atoms with Crippen LogP contribution in [0.3, 0.4) is 0 Å². The minimum atomic E-state index is 0.0460. The molecule has 0 saturated heterocycles. The average molecular weight is 256 g/mol. The van der Waals surface area contributed by atoms with Crippen LogP contribution in [0, 0.1) is 0 Å². The highest BCUT2D eigenvalue weighted by molar-refractivity contribution is 5.14. The predicted molar refractivity (Wildman–Crippen MR) is 78.0 cm³/mol. The molecule has 2 N–H and O–H groups in total. The first-order valence-electron chi connectivity index (χ1n) is 6.73. The first kappa shape index (κ1) is 13.6. The average Bonchev–Trinajstić information content (AvgIpc) is 2.46. The molecule has 1 heterocycles. The van der Waals surface area contributed by atoms with Gasteiger partial charge in [-0.05, 0) is 30.9 Å². The Hall–Kier alpha value is -1.87. The monoisotopic (exact) mass is 256 g/mol. The fraction of sp³-hybridized carbons (Fsp3) is 0.312. The van der Waals surface area contributed by atoms with Gasteiger partial charge >= 0.3 is 0 Å². The second-order valence-electron chi connectivity index (χ2n) is 4.68. The molecule has 2 rings (SSSR count). The standard InChI is InChI=1S/C16H20N2O/c17-13-15-10-6-12-18(16(15)19)11-5-4-9-14-7-2-1-3-8-14/h1-3,6-8,10,12H,4-5,9,11,13,17H2. The van der Waals surface area contributed by atoms with E-state index in [-0.39, 0.29) is 5.56 Å². The lowest BCUT2D eigenvalue weighted by molar-refractivity contribution is 0.589. The molecular formula is C16H20N2O. The first-order valence-corrected chi connectivity index (χ1v) is 6.73. The number of hydrogen-bond donors (Lipinski definition) is 1. The molecule has 0 fully saturated rings. The number of nitrogens with zero attached hydrogens (tertiary/aromatic N) is 1. The van der Waals surface area contributed by atoms with Crippen LogP contribution in [0.4, 0.5) is 0 Å². The molecule has 0 amide bonds. The van der Waals surface area contributed by atoms with Gasteiger partial charge < -0.3 is 10.3 Å². The van der Waals surface area contributed by atoms with Crippen molar-refractivity contribution in [3.8, 4) is 0 Å². The Bertz CT molecular complexity index is 560. The summed E-state index contributed by atoms with van der Waals surface area (Å²) in [5, 5.41) is 0. The maximum atomic E-state index is 11.9. The van der Waals surface area contributed by atoms with Gasteiger partial charge in [-0.25, -0.2) is 0 Å². The van der Waals surface area contributed by atoms with E-state index >= 15 is 0 Å². The van der Waals surface area contributed by atoms with Crippen LogP contribution in [0.5, 0.6) is 0 Å². The fourth-order valence-corrected chi connectivity index (χ4v) is 2.17. The lowest BCUT2D eigenvalue weighted by Gasteiger charge is -2.07. The van der Waals surface area contributed by atoms with Crippen molar-refractivity contribution < 1.29 is 0 Å². The van der Waals surface area contributed by atoms with Gasteiger partial charge in [0.25, 0.3) is 5.56 Å². The molecule has 0 unspecified atom stereocenters. The molecule has 0 bridgehead atoms. The molecule has 0 atom stereocenters. The van der Waals surface area contributed by atoms with Crippen LogP contribution in [0.2, 0.25) is 0 Å². The molecule has 0 aliphatic heterocycles. The van der Waals surface area contributed by atoms with Crippen LogP contribution in [0.15, 0.2) is 53.5 Å². The molecule has 0 aliphatic rings. The lowest BCUT2D eigenvalue weighted by atomic mass is 10.1. The van der Waals surface area contributed by atoms with Gasteiger partial charge in [0.15, 0.2) is 0 Å². The van der Waals surface area contributed by atoms with Crippen molar-refractivity contribution in [1.82, 2.24) is 4.57 Å². The number of aromatic nitrogens is 1. The third kappa shape index (κ3) is 3.80. The molecule has 100 valence electrons. The second kappa shape index (κ2) is 6.90. The summed E-state index contributed by atoms with van der Waals surface area (Å²) in [5.74, 6) is 0. The summed E-state index contributed by atoms with van der Waals surface area (Å²) in [6.07, 6.45) is 4.99. The first-order chi connectivity index (χ1) is 9.31. The SMILES string of the molecule is NCc1cccn(CCCCc2ccccc2)c1=O. The predicted octanol–water partition coefficient (Wildman–Crippen LogP) is 2.33. The molecule has 1 aromatic heterocycles. The van der Waals surface area contributed by atoms with Crippen molar-refractivity contribution in [2.24, 2.45) is 5.73 Å². The molecule has 3 heteroatoms. The van der Waals surface area contributed by atoms with Crippen molar-refractivity contribution in [1.29, 1.82) is 0 Å². The molecule has 0 aliphatic carbocycles. The Morgan fingerprint density at radius 2 is 1.79 bits per heavy atom. The van der Waals surface area contributed by atoms with Crippen LogP contribution >= 0.6 is 0 Å². The fourth-order valence-electron chi connectivity index (χ4n) is 2.17. The number of rotatable bonds is 6. The zero-order valence-corrected chi connectivity index (χ0v) is 11.1. The van der Waals surface area contributed by atoms with E-state index in [9.17, 15) is 4.79 Å². The van der Waals surface area contributed by atoms with Crippen LogP contribution in [0.25, 0.3) is 0 Å². The zero-order valence-electron chi connectivity index (χ0n) is 11.1. The minimum absolute atomic E-state index is 0.0460. The summed E-state index contributed by atoms with van der Waals surface area (Å²) in [4.78, 5) is 11.9. The molecular weight excluding hydrogens is 236 g/mol. The number of benzene rings is 1. The Kier molecular flexibility index (Phi) is 4.93. The molecule has 0 spiro atoms. The molecule has 1 aromatic carbocycles. The summed E-state index contributed by atoms with van der Waals surface area (Å²) >= 11 is 0. The third-order valence-electron chi connectivity index (χ3n) is 3.28. The number of pyridine rings is 1. The quantitative estimate of drug-likeness (QED) is 0.806. The van der Waals surface area contributed by atoms with E-state index in [2.05, 4.69) is 24.3 Å². The van der Waals surface area contributed by atoms with Gasteiger partial charge in [-0.15, -0.1) is 0 Å². The van der Waals surface area contributed by atoms with Gasteiger partial charge in [-0.3, -0.25) is 4.79 Å². The Morgan fingerprint density at radius 3 is 2.53 bits per heavy atom. The molecule has 19 heavy (non-hydrogen) atoms. The third-order valence-corrected chi connectivity index (χ3v) is 3.28. The van der Waals surface area contributed by atoms with E-state index < -0.39 is 0 Å². The number of hydrogen-bond acceptors (Lipinski definition) is 2. The molecule has 0 saturated carbocycles. The summed E-state index contributed by atoms with van der Waals surface area (Å²) in [7, 11) is 0. The second-order valence-corrected chi connectivity index (χ2v) is 4.68. The zero-order chi connectivity index (χ0) is 13.5. The summed E-state index contributed by atoms with van der Waals surface area (Å²) < 4.78 is 1.76. The smallest absolute Gasteiger partial charge is 0.255 e. The Morgan fingerprint density at radius 1 is 1.00 bits per heavy atom. The van der Waals surface area contributed by atoms with Gasteiger partial charge in [0.05, 0.1) is 0 Å². The van der Waals surface area contributed by atoms with Crippen LogP contribution in [-0.4, -0.2) is 4.57 Å². The maximum absolute atomic E-state index is 11.9. The number of nitrogens with two attached hydrogens (primary N) is 1. The van der Waals surface area contributed by atoms with Crippen LogP contribution < -0.4 is 11.3 Å². The van der Waals surface area contributed by atoms with Gasteiger partial charge in [0.1, 0.15) is 0 Å². The minimum Gasteiger partial charge on any atom is -0.326 e. The van der Waals surface area contributed by atoms with E-state index in [1.807, 2.05) is 18.3 Å². The highest BCUT2D eigenvalue weighted by atomic mass is 16.1. The highest BCUT2D eigenvalue weighted by Crippen LogP contribution is 2.05. The summed E-state index contributed by atoms with van der Waals surface area (Å²) in [6.45, 7) is 1.07. The van der Waals surface area contributed by atoms with E-state index in [4.69, 9.17) is 5.73 Å². The Labute approximate surface area is 113 Å². The number of aryl methyl sites for hydroxylation is 2. The molecule has 3 nitrogen and oxygen atoms in total. The maximum Gasteiger partial charge on any atom is 0.255 e. The van der Waals surface area contributed by atoms with Crippen molar-refractivity contribution >= 4 is 0 Å². The van der Waals surface area contributed by atoms with Crippen molar-refractivity contribution in [3.63, 3.8) is 0 Å². The van der Waals surface area contributed by atoms with Crippen molar-refractivity contribution in [3.05, 3.63) is 70.1 Å². The van der Waals surface area contributed by atoms with E-state index in [1.54, 1.807) is 10.6 Å². The van der Waals surface area contributed by atoms with Crippen LogP contribution in [0.1, 0.15) is 24.0 Å². The van der Waals surface area contributed by atoms with Gasteiger partial charge in [-0.1, -0.05) is 36.4 Å². The topological polar surface area (TPSA) is 48.0 Å². The van der Waals surface area contributed by atoms with Gasteiger partial charge in [0.2, 0.25) is 0 Å². The van der Waals surface area contributed by atoms with E-state index in [0.29, 0.717) is 12.1 Å². The Balaban J connectivity index is 1.85. The van der Waals surface area contributed by atoms with E-state index in [1.165, 1.54) is 5.56 Å². The van der Waals surface area contributed by atoms with Gasteiger partial charge in [-0.2, -0.15) is 0 Å². The largest absolute Gasteiger partial charge is 0.326 e. The molecule has 2 aromatic rings. The lowest BCUT2D eigenvalue weighted by Crippen LogP contribution is -2.24. The van der Waals surface area contributed by atoms with Crippen LogP contribution in [-0.2, 0) is 19.5 Å². The van der Waals surface area contributed by atoms with E-state index in [0.717, 1.165) is 25.8 Å². The normalized spacial score (nSPS) is 10.6. The summed E-state index contributed by atoms with van der Waals surface area (Å²) in [5.41, 5.74) is 7.62. The van der Waals surface area contributed by atoms with Crippen molar-refractivity contribution in [2.75, 3.05) is 0 Å². The van der Waals surface area contributed by atoms with Crippen molar-refractivity contribution in [2.45, 2.75) is 32.4 Å². The highest BCUT2D eigenvalue weighted by Gasteiger charge is 2.01. The summed E-state index contributed by atoms with van der Waals surface area (Å²) in [6, 6.07) is 14.1.